The molecule has 4 atom stereocenters. The van der Waals surface area contributed by atoms with Crippen LogP contribution in [0, 0.1) is 5.92 Å². The summed E-state index contributed by atoms with van der Waals surface area (Å²) < 4.78 is 12.8. The van der Waals surface area contributed by atoms with E-state index in [1.807, 2.05) is 0 Å². The molecule has 2 N–H and O–H groups in total. The van der Waals surface area contributed by atoms with E-state index in [0.29, 0.717) is 0 Å². The highest BCUT2D eigenvalue weighted by atomic mass is 35.5. The second-order valence-corrected chi connectivity index (χ2v) is 3.61. The molecule has 1 aliphatic heterocycles. The Morgan fingerprint density at radius 1 is 1.50 bits per heavy atom. The average Bonchev–Trinajstić information content (AvgIpc) is 1.96. The number of nitrogens with one attached hydrogen (secondary N) is 1. The SMILES string of the molecule is O=C(O)C1CC(F)C(Cl)NC1Cl. The number of halogens is 3. The van der Waals surface area contributed by atoms with Gasteiger partial charge in [0.1, 0.15) is 11.7 Å². The maximum Gasteiger partial charge on any atom is 0.309 e. The number of aliphatic carboxylic acids is 1. The van der Waals surface area contributed by atoms with Gasteiger partial charge in [-0.25, -0.2) is 4.39 Å². The molecule has 4 unspecified atom stereocenters. The van der Waals surface area contributed by atoms with Crippen molar-refractivity contribution in [2.24, 2.45) is 5.92 Å². The summed E-state index contributed by atoms with van der Waals surface area (Å²) >= 11 is 11.1. The van der Waals surface area contributed by atoms with Crippen LogP contribution in [0.5, 0.6) is 0 Å². The fourth-order valence-electron chi connectivity index (χ4n) is 1.08. The maximum atomic E-state index is 12.8. The zero-order valence-corrected chi connectivity index (χ0v) is 7.52. The minimum Gasteiger partial charge on any atom is -0.481 e. The van der Waals surface area contributed by atoms with E-state index in [1.165, 1.54) is 0 Å². The smallest absolute Gasteiger partial charge is 0.309 e. The largest absolute Gasteiger partial charge is 0.481 e. The molecule has 0 amide bonds. The van der Waals surface area contributed by atoms with Gasteiger partial charge in [-0.1, -0.05) is 0 Å². The van der Waals surface area contributed by atoms with Crippen LogP contribution in [0.3, 0.4) is 0 Å². The number of carboxylic acid groups (broad SMARTS) is 1. The summed E-state index contributed by atoms with van der Waals surface area (Å²) in [5.41, 5.74) is -1.68. The second-order valence-electron chi connectivity index (χ2n) is 2.67. The van der Waals surface area contributed by atoms with Crippen LogP contribution in [0.15, 0.2) is 0 Å². The Hall–Kier alpha value is -0.0600. The number of carboxylic acids is 1. The molecule has 70 valence electrons. The lowest BCUT2D eigenvalue weighted by atomic mass is 9.98. The lowest BCUT2D eigenvalue weighted by Gasteiger charge is -2.31. The van der Waals surface area contributed by atoms with E-state index >= 15 is 0 Å². The minimum atomic E-state index is -1.36. The third kappa shape index (κ3) is 2.00. The molecule has 0 aromatic heterocycles. The van der Waals surface area contributed by atoms with Gasteiger partial charge in [-0.15, -0.1) is 23.2 Å². The third-order valence-electron chi connectivity index (χ3n) is 1.79. The lowest BCUT2D eigenvalue weighted by Crippen LogP contribution is -2.50. The van der Waals surface area contributed by atoms with Crippen LogP contribution < -0.4 is 5.32 Å². The van der Waals surface area contributed by atoms with Gasteiger partial charge in [-0.05, 0) is 6.42 Å². The van der Waals surface area contributed by atoms with Gasteiger partial charge < -0.3 is 5.11 Å². The summed E-state index contributed by atoms with van der Waals surface area (Å²) in [4.78, 5) is 10.5. The van der Waals surface area contributed by atoms with E-state index < -0.39 is 29.1 Å². The van der Waals surface area contributed by atoms with Gasteiger partial charge in [-0.3, -0.25) is 10.1 Å². The van der Waals surface area contributed by atoms with Gasteiger partial charge in [-0.2, -0.15) is 0 Å². The van der Waals surface area contributed by atoms with Crippen molar-refractivity contribution in [3.05, 3.63) is 0 Å². The van der Waals surface area contributed by atoms with Crippen molar-refractivity contribution >= 4 is 29.2 Å². The molecule has 12 heavy (non-hydrogen) atoms. The maximum absolute atomic E-state index is 12.8. The van der Waals surface area contributed by atoms with Gasteiger partial charge in [0.25, 0.3) is 0 Å². The van der Waals surface area contributed by atoms with E-state index in [-0.39, 0.29) is 6.42 Å². The molecule has 0 saturated carbocycles. The molecular formula is C6H8Cl2FNO2. The second kappa shape index (κ2) is 3.77. The molecule has 0 radical (unpaired) electrons. The van der Waals surface area contributed by atoms with Crippen LogP contribution in [0.1, 0.15) is 6.42 Å². The van der Waals surface area contributed by atoms with E-state index in [4.69, 9.17) is 28.3 Å². The first kappa shape index (κ1) is 10.0. The standard InChI is InChI=1S/C6H8Cl2FNO2/c7-4-2(6(11)12)1-3(9)5(8)10-4/h2-5,10H,1H2,(H,11,12). The molecule has 0 bridgehead atoms. The molecule has 1 saturated heterocycles. The number of hydrogen-bond acceptors (Lipinski definition) is 2. The Balaban J connectivity index is 2.61. The highest BCUT2D eigenvalue weighted by molar-refractivity contribution is 6.24. The fourth-order valence-corrected chi connectivity index (χ4v) is 1.73. The summed E-state index contributed by atoms with van der Waals surface area (Å²) in [5.74, 6) is -2.01. The Morgan fingerprint density at radius 3 is 2.58 bits per heavy atom. The molecule has 1 heterocycles. The van der Waals surface area contributed by atoms with Crippen LogP contribution in [0.25, 0.3) is 0 Å². The van der Waals surface area contributed by atoms with Gasteiger partial charge in [0.15, 0.2) is 0 Å². The molecule has 3 nitrogen and oxygen atoms in total. The molecule has 6 heteroatoms. The molecule has 0 spiro atoms. The van der Waals surface area contributed by atoms with Crippen LogP contribution in [-0.4, -0.2) is 28.2 Å². The van der Waals surface area contributed by atoms with Gasteiger partial charge >= 0.3 is 5.97 Å². The van der Waals surface area contributed by atoms with Crippen LogP contribution in [0.4, 0.5) is 4.39 Å². The highest BCUT2D eigenvalue weighted by Crippen LogP contribution is 2.26. The molecule has 1 fully saturated rings. The first-order valence-electron chi connectivity index (χ1n) is 3.43. The normalized spacial score (nSPS) is 42.6. The van der Waals surface area contributed by atoms with Gasteiger partial charge in [0, 0.05) is 0 Å². The minimum absolute atomic E-state index is 0.134. The summed E-state index contributed by atoms with van der Waals surface area (Å²) in [6, 6.07) is 0. The Bertz CT molecular complexity index is 192. The third-order valence-corrected chi connectivity index (χ3v) is 2.62. The van der Waals surface area contributed by atoms with Crippen molar-refractivity contribution in [3.63, 3.8) is 0 Å². The molecule has 1 aliphatic rings. The van der Waals surface area contributed by atoms with E-state index in [1.54, 1.807) is 0 Å². The zero-order valence-electron chi connectivity index (χ0n) is 6.01. The van der Waals surface area contributed by atoms with E-state index in [9.17, 15) is 9.18 Å². The number of carbonyl (C=O) groups is 1. The molecule has 1 rings (SSSR count). The number of alkyl halides is 3. The molecule has 0 aliphatic carbocycles. The predicted molar refractivity (Wildman–Crippen MR) is 43.1 cm³/mol. The van der Waals surface area contributed by atoms with Gasteiger partial charge in [0.2, 0.25) is 0 Å². The zero-order chi connectivity index (χ0) is 9.30. The summed E-state index contributed by atoms with van der Waals surface area (Å²) in [5, 5.41) is 11.0. The van der Waals surface area contributed by atoms with Crippen molar-refractivity contribution in [3.8, 4) is 0 Å². The first-order valence-corrected chi connectivity index (χ1v) is 4.30. The Morgan fingerprint density at radius 2 is 2.08 bits per heavy atom. The molecule has 0 aromatic rings. The van der Waals surface area contributed by atoms with E-state index in [0.717, 1.165) is 0 Å². The Labute approximate surface area is 78.8 Å². The van der Waals surface area contributed by atoms with Crippen molar-refractivity contribution in [2.45, 2.75) is 23.6 Å². The van der Waals surface area contributed by atoms with Crippen LogP contribution in [-0.2, 0) is 4.79 Å². The van der Waals surface area contributed by atoms with Crippen molar-refractivity contribution in [1.29, 1.82) is 0 Å². The van der Waals surface area contributed by atoms with Crippen molar-refractivity contribution in [1.82, 2.24) is 5.32 Å². The topological polar surface area (TPSA) is 49.3 Å². The summed E-state index contributed by atoms with van der Waals surface area (Å²) in [6.07, 6.45) is -1.49. The average molecular weight is 216 g/mol. The number of rotatable bonds is 1. The van der Waals surface area contributed by atoms with Crippen molar-refractivity contribution < 1.29 is 14.3 Å². The quantitative estimate of drug-likeness (QED) is 0.510. The monoisotopic (exact) mass is 215 g/mol. The lowest BCUT2D eigenvalue weighted by molar-refractivity contribution is -0.143. The highest BCUT2D eigenvalue weighted by Gasteiger charge is 2.38. The summed E-state index contributed by atoms with van der Waals surface area (Å²) in [6.45, 7) is 0. The van der Waals surface area contributed by atoms with Crippen LogP contribution >= 0.6 is 23.2 Å². The molecular weight excluding hydrogens is 208 g/mol. The molecule has 0 aromatic carbocycles. The number of piperidine rings is 1. The van der Waals surface area contributed by atoms with Gasteiger partial charge in [0.05, 0.1) is 11.4 Å². The predicted octanol–water partition coefficient (Wildman–Crippen LogP) is 1.15. The first-order chi connectivity index (χ1) is 5.52. The fraction of sp³-hybridized carbons (Fsp3) is 0.833. The number of hydrogen-bond donors (Lipinski definition) is 2. The van der Waals surface area contributed by atoms with E-state index in [2.05, 4.69) is 5.32 Å². The van der Waals surface area contributed by atoms with Crippen LogP contribution in [0.2, 0.25) is 0 Å². The summed E-state index contributed by atoms with van der Waals surface area (Å²) in [7, 11) is 0. The Kier molecular flexibility index (Phi) is 3.15. The van der Waals surface area contributed by atoms with Crippen molar-refractivity contribution in [2.75, 3.05) is 0 Å².